The monoisotopic (exact) mass is 463 g/mol. The van der Waals surface area contributed by atoms with E-state index >= 15 is 0 Å². The molecular formula is C29H27BFN3O. The molecule has 0 spiro atoms. The van der Waals surface area contributed by atoms with Crippen LogP contribution in [0.4, 0.5) is 4.39 Å². The summed E-state index contributed by atoms with van der Waals surface area (Å²) in [5.41, 5.74) is 4.59. The molecule has 6 heteroatoms. The Morgan fingerprint density at radius 2 is 1.66 bits per heavy atom. The summed E-state index contributed by atoms with van der Waals surface area (Å²) in [4.78, 5) is 21.2. The smallest absolute Gasteiger partial charge is 0.259 e. The summed E-state index contributed by atoms with van der Waals surface area (Å²) in [6.07, 6.45) is 1.31. The zero-order valence-corrected chi connectivity index (χ0v) is 19.8. The maximum Gasteiger partial charge on any atom is 0.259 e. The lowest BCUT2D eigenvalue weighted by Gasteiger charge is -2.31. The van der Waals surface area contributed by atoms with Gasteiger partial charge in [0.1, 0.15) is 19.5 Å². The van der Waals surface area contributed by atoms with Gasteiger partial charge < -0.3 is 0 Å². The molecule has 0 saturated heterocycles. The normalized spacial score (nSPS) is 13.7. The van der Waals surface area contributed by atoms with Gasteiger partial charge in [0.2, 0.25) is 0 Å². The van der Waals surface area contributed by atoms with Crippen LogP contribution in [0.2, 0.25) is 0 Å². The van der Waals surface area contributed by atoms with Crippen LogP contribution in [0, 0.1) is 5.82 Å². The van der Waals surface area contributed by atoms with Crippen LogP contribution in [0.25, 0.3) is 0 Å². The van der Waals surface area contributed by atoms with Crippen molar-refractivity contribution in [3.8, 4) is 0 Å². The van der Waals surface area contributed by atoms with E-state index in [-0.39, 0.29) is 17.4 Å². The Hall–Kier alpha value is -3.51. The van der Waals surface area contributed by atoms with Crippen molar-refractivity contribution in [1.29, 1.82) is 0 Å². The Labute approximate surface area is 206 Å². The molecule has 0 fully saturated rings. The highest BCUT2D eigenvalue weighted by Crippen LogP contribution is 2.28. The number of halogens is 1. The van der Waals surface area contributed by atoms with Crippen molar-refractivity contribution in [2.24, 2.45) is 0 Å². The lowest BCUT2D eigenvalue weighted by atomic mass is 9.94. The van der Waals surface area contributed by atoms with Crippen LogP contribution in [0.15, 0.2) is 83.7 Å². The van der Waals surface area contributed by atoms with Crippen molar-refractivity contribution in [1.82, 2.24) is 14.5 Å². The van der Waals surface area contributed by atoms with Gasteiger partial charge in [-0.05, 0) is 17.2 Å². The predicted octanol–water partition coefficient (Wildman–Crippen LogP) is 3.93. The van der Waals surface area contributed by atoms with E-state index in [1.165, 1.54) is 6.07 Å². The largest absolute Gasteiger partial charge is 0.294 e. The first kappa shape index (κ1) is 23.2. The second-order valence-corrected chi connectivity index (χ2v) is 9.02. The summed E-state index contributed by atoms with van der Waals surface area (Å²) in [5.74, 6) is 0.463. The van der Waals surface area contributed by atoms with E-state index in [0.29, 0.717) is 42.5 Å². The third-order valence-corrected chi connectivity index (χ3v) is 6.69. The highest BCUT2D eigenvalue weighted by molar-refractivity contribution is 6.32. The van der Waals surface area contributed by atoms with Gasteiger partial charge in [0, 0.05) is 38.0 Å². The molecular weight excluding hydrogens is 436 g/mol. The molecule has 2 radical (unpaired) electrons. The number of aromatic nitrogens is 2. The van der Waals surface area contributed by atoms with Crippen molar-refractivity contribution >= 4 is 13.3 Å². The van der Waals surface area contributed by atoms with Crippen LogP contribution in [-0.4, -0.2) is 28.8 Å². The van der Waals surface area contributed by atoms with Gasteiger partial charge >= 0.3 is 0 Å². The molecule has 1 aliphatic rings. The summed E-state index contributed by atoms with van der Waals surface area (Å²) in [5, 5.41) is 0. The minimum absolute atomic E-state index is 0.0213. The Morgan fingerprint density at radius 1 is 1.00 bits per heavy atom. The van der Waals surface area contributed by atoms with Gasteiger partial charge in [-0.3, -0.25) is 14.3 Å². The quantitative estimate of drug-likeness (QED) is 0.407. The van der Waals surface area contributed by atoms with Gasteiger partial charge in [-0.1, -0.05) is 85.2 Å². The molecule has 0 N–H and O–H groups in total. The summed E-state index contributed by atoms with van der Waals surface area (Å²) in [6.45, 7) is 3.61. The van der Waals surface area contributed by atoms with Crippen LogP contribution >= 0.6 is 0 Å². The van der Waals surface area contributed by atoms with Crippen molar-refractivity contribution in [3.63, 3.8) is 0 Å². The highest BCUT2D eigenvalue weighted by atomic mass is 19.1. The minimum Gasteiger partial charge on any atom is -0.294 e. The molecule has 5 rings (SSSR count). The molecule has 0 atom stereocenters. The maximum atomic E-state index is 14.4. The second kappa shape index (κ2) is 10.0. The van der Waals surface area contributed by atoms with Gasteiger partial charge in [-0.25, -0.2) is 9.37 Å². The molecule has 174 valence electrons. The van der Waals surface area contributed by atoms with Gasteiger partial charge in [-0.15, -0.1) is 0 Å². The number of fused-ring (bicyclic) bond motifs is 1. The van der Waals surface area contributed by atoms with Crippen molar-refractivity contribution in [2.75, 3.05) is 6.54 Å². The Morgan fingerprint density at radius 3 is 2.26 bits per heavy atom. The lowest BCUT2D eigenvalue weighted by molar-refractivity contribution is 0.237. The SMILES string of the molecule is [B]c1ccc(CN2CCc3nc(CC)n(C(c4ccccc4)c4ccccc4)c(=O)c3C2)c(F)c1. The van der Waals surface area contributed by atoms with Crippen LogP contribution in [0.3, 0.4) is 0 Å². The third kappa shape index (κ3) is 4.71. The standard InChI is InChI=1S/C29H27BFN3O/c1-2-27-32-26-15-16-33(18-22-13-14-23(30)17-25(22)31)19-24(26)29(35)34(27)28(20-9-5-3-6-10-20)21-11-7-4-8-12-21/h3-14,17,28H,2,15-16,18-19H2,1H3. The number of aryl methyl sites for hydroxylation is 1. The number of hydrogen-bond donors (Lipinski definition) is 0. The molecule has 4 aromatic rings. The Kier molecular flexibility index (Phi) is 6.64. The summed E-state index contributed by atoms with van der Waals surface area (Å²) in [6, 6.07) is 24.7. The van der Waals surface area contributed by atoms with E-state index in [1.807, 2.05) is 47.9 Å². The van der Waals surface area contributed by atoms with E-state index in [0.717, 1.165) is 29.2 Å². The molecule has 1 aromatic heterocycles. The predicted molar refractivity (Wildman–Crippen MR) is 138 cm³/mol. The van der Waals surface area contributed by atoms with E-state index < -0.39 is 0 Å². The van der Waals surface area contributed by atoms with E-state index in [4.69, 9.17) is 12.8 Å². The zero-order chi connectivity index (χ0) is 24.4. The van der Waals surface area contributed by atoms with E-state index in [2.05, 4.69) is 29.2 Å². The third-order valence-electron chi connectivity index (χ3n) is 6.69. The fourth-order valence-corrected chi connectivity index (χ4v) is 4.94. The average molecular weight is 463 g/mol. The van der Waals surface area contributed by atoms with Crippen LogP contribution in [0.1, 0.15) is 46.7 Å². The van der Waals surface area contributed by atoms with Gasteiger partial charge in [0.05, 0.1) is 17.3 Å². The topological polar surface area (TPSA) is 38.1 Å². The average Bonchev–Trinajstić information content (AvgIpc) is 2.88. The van der Waals surface area contributed by atoms with Crippen LogP contribution in [0.5, 0.6) is 0 Å². The van der Waals surface area contributed by atoms with Crippen molar-refractivity contribution in [3.05, 3.63) is 129 Å². The number of hydrogen-bond acceptors (Lipinski definition) is 3. The number of benzene rings is 3. The zero-order valence-electron chi connectivity index (χ0n) is 19.8. The van der Waals surface area contributed by atoms with Crippen LogP contribution < -0.4 is 11.0 Å². The number of rotatable bonds is 6. The fourth-order valence-electron chi connectivity index (χ4n) is 4.94. The van der Waals surface area contributed by atoms with E-state index in [9.17, 15) is 9.18 Å². The summed E-state index contributed by atoms with van der Waals surface area (Å²) < 4.78 is 16.3. The van der Waals surface area contributed by atoms with Crippen molar-refractivity contribution < 1.29 is 4.39 Å². The first-order chi connectivity index (χ1) is 17.0. The molecule has 0 bridgehead atoms. The van der Waals surface area contributed by atoms with Gasteiger partial charge in [0.15, 0.2) is 0 Å². The lowest BCUT2D eigenvalue weighted by Crippen LogP contribution is -2.40. The Balaban J connectivity index is 1.58. The van der Waals surface area contributed by atoms with E-state index in [1.54, 1.807) is 12.1 Å². The minimum atomic E-state index is -0.319. The molecule has 1 aliphatic heterocycles. The molecule has 0 saturated carbocycles. The molecule has 4 nitrogen and oxygen atoms in total. The first-order valence-electron chi connectivity index (χ1n) is 12.0. The highest BCUT2D eigenvalue weighted by Gasteiger charge is 2.27. The van der Waals surface area contributed by atoms with Gasteiger partial charge in [-0.2, -0.15) is 0 Å². The first-order valence-corrected chi connectivity index (χ1v) is 12.0. The fraction of sp³-hybridized carbons (Fsp3) is 0.241. The summed E-state index contributed by atoms with van der Waals surface area (Å²) in [7, 11) is 5.71. The second-order valence-electron chi connectivity index (χ2n) is 9.02. The Bertz CT molecular complexity index is 1350. The van der Waals surface area contributed by atoms with Crippen LogP contribution in [-0.2, 0) is 25.9 Å². The summed E-state index contributed by atoms with van der Waals surface area (Å²) >= 11 is 0. The molecule has 3 aromatic carbocycles. The van der Waals surface area contributed by atoms with Gasteiger partial charge in [0.25, 0.3) is 5.56 Å². The number of nitrogens with zero attached hydrogens (tertiary/aromatic N) is 3. The molecule has 0 unspecified atom stereocenters. The molecule has 0 aliphatic carbocycles. The molecule has 35 heavy (non-hydrogen) atoms. The van der Waals surface area contributed by atoms with Crippen molar-refractivity contribution in [2.45, 2.75) is 38.9 Å². The molecule has 0 amide bonds. The maximum absolute atomic E-state index is 14.4. The molecule has 2 heterocycles.